The number of hydrogen-bond donors (Lipinski definition) is 1. The number of aliphatic hydroxyl groups is 1. The molecule has 3 aliphatic carbocycles. The number of methoxy groups -OCH3 is 1. The Morgan fingerprint density at radius 3 is 3.10 bits per heavy atom. The first-order chi connectivity index (χ1) is 10.1. The lowest BCUT2D eigenvalue weighted by Crippen LogP contribution is -2.41. The summed E-state index contributed by atoms with van der Waals surface area (Å²) in [6, 6.07) is 0. The first-order valence-corrected chi connectivity index (χ1v) is 8.87. The monoisotopic (exact) mass is 354 g/mol. The Kier molecular flexibility index (Phi) is 3.43. The summed E-state index contributed by atoms with van der Waals surface area (Å²) in [4.78, 5) is 0. The maximum Gasteiger partial charge on any atom is 0.111 e. The summed E-state index contributed by atoms with van der Waals surface area (Å²) in [7, 11) is 1.70. The highest BCUT2D eigenvalue weighted by atomic mass is 79.9. The zero-order valence-electron chi connectivity index (χ0n) is 12.5. The Labute approximate surface area is 134 Å². The summed E-state index contributed by atoms with van der Waals surface area (Å²) in [5, 5.41) is 16.0. The van der Waals surface area contributed by atoms with Crippen molar-refractivity contribution in [3.8, 4) is 0 Å². The van der Waals surface area contributed by atoms with Crippen LogP contribution < -0.4 is 0 Å². The van der Waals surface area contributed by atoms with Gasteiger partial charge in [0.1, 0.15) is 5.60 Å². The molecule has 5 unspecified atom stereocenters. The van der Waals surface area contributed by atoms with Gasteiger partial charge in [-0.1, -0.05) is 6.42 Å². The van der Waals surface area contributed by atoms with E-state index in [9.17, 15) is 5.11 Å². The minimum atomic E-state index is -0.695. The van der Waals surface area contributed by atoms with Crippen LogP contribution >= 0.6 is 15.9 Å². The maximum absolute atomic E-state index is 11.5. The van der Waals surface area contributed by atoms with Gasteiger partial charge in [0.05, 0.1) is 29.5 Å². The van der Waals surface area contributed by atoms with Crippen molar-refractivity contribution in [3.05, 3.63) is 16.4 Å². The highest BCUT2D eigenvalue weighted by molar-refractivity contribution is 9.10. The summed E-state index contributed by atoms with van der Waals surface area (Å²) in [6.07, 6.45) is 7.97. The van der Waals surface area contributed by atoms with Gasteiger partial charge in [-0.3, -0.25) is 4.68 Å². The molecule has 1 aromatic heterocycles. The second-order valence-corrected chi connectivity index (χ2v) is 7.90. The van der Waals surface area contributed by atoms with E-state index >= 15 is 0 Å². The number of hydrogen-bond acceptors (Lipinski definition) is 3. The topological polar surface area (TPSA) is 47.3 Å². The van der Waals surface area contributed by atoms with Crippen LogP contribution in [0, 0.1) is 23.7 Å². The molecule has 4 nitrogen and oxygen atoms in total. The zero-order valence-corrected chi connectivity index (χ0v) is 14.1. The van der Waals surface area contributed by atoms with Crippen LogP contribution in [0.2, 0.25) is 0 Å². The molecule has 2 bridgehead atoms. The second-order valence-electron chi connectivity index (χ2n) is 7.05. The fraction of sp³-hybridized carbons (Fsp3) is 0.812. The molecule has 116 valence electrons. The van der Waals surface area contributed by atoms with Gasteiger partial charge in [-0.15, -0.1) is 0 Å². The normalized spacial score (nSPS) is 40.9. The Morgan fingerprint density at radius 1 is 1.48 bits per heavy atom. The van der Waals surface area contributed by atoms with Crippen LogP contribution in [-0.4, -0.2) is 28.6 Å². The van der Waals surface area contributed by atoms with Crippen LogP contribution in [-0.2, 0) is 16.9 Å². The van der Waals surface area contributed by atoms with Crippen molar-refractivity contribution in [2.45, 2.75) is 44.2 Å². The van der Waals surface area contributed by atoms with Gasteiger partial charge in [-0.2, -0.15) is 5.10 Å². The molecule has 0 aliphatic heterocycles. The van der Waals surface area contributed by atoms with E-state index in [-0.39, 0.29) is 0 Å². The van der Waals surface area contributed by atoms with Crippen molar-refractivity contribution in [2.75, 3.05) is 13.7 Å². The van der Waals surface area contributed by atoms with Crippen LogP contribution in [0.5, 0.6) is 0 Å². The van der Waals surface area contributed by atoms with Crippen LogP contribution in [0.25, 0.3) is 0 Å². The lowest BCUT2D eigenvalue weighted by Gasteiger charge is -2.39. The minimum absolute atomic E-state index is 0.421. The number of halogens is 1. The standard InChI is InChI=1S/C16H23BrN2O2/c1-21-6-5-19-15(14(17)9-18-19)16(20)8-10-7-13(16)12-4-2-3-11(10)12/h9-13,20H,2-8H2,1H3. The van der Waals surface area contributed by atoms with Crippen molar-refractivity contribution >= 4 is 15.9 Å². The van der Waals surface area contributed by atoms with Gasteiger partial charge >= 0.3 is 0 Å². The van der Waals surface area contributed by atoms with Crippen LogP contribution in [0.3, 0.4) is 0 Å². The molecule has 3 fully saturated rings. The van der Waals surface area contributed by atoms with Crippen LogP contribution in [0.15, 0.2) is 10.7 Å². The van der Waals surface area contributed by atoms with Crippen LogP contribution in [0.1, 0.15) is 37.8 Å². The van der Waals surface area contributed by atoms with E-state index in [1.54, 1.807) is 7.11 Å². The molecule has 0 saturated heterocycles. The first-order valence-electron chi connectivity index (χ1n) is 8.08. The van der Waals surface area contributed by atoms with Crippen molar-refractivity contribution < 1.29 is 9.84 Å². The zero-order chi connectivity index (χ0) is 14.6. The number of aromatic nitrogens is 2. The third-order valence-electron chi connectivity index (χ3n) is 6.20. The molecule has 3 aliphatic rings. The van der Waals surface area contributed by atoms with Gasteiger partial charge in [0.25, 0.3) is 0 Å². The van der Waals surface area contributed by atoms with E-state index in [1.165, 1.54) is 25.7 Å². The SMILES string of the molecule is COCCn1ncc(Br)c1C1(O)CC2CC1C1CCCC21. The van der Waals surface area contributed by atoms with E-state index in [0.29, 0.717) is 25.0 Å². The minimum Gasteiger partial charge on any atom is -0.383 e. The Hall–Kier alpha value is -0.390. The van der Waals surface area contributed by atoms with Gasteiger partial charge in [0, 0.05) is 7.11 Å². The Bertz CT molecular complexity index is 546. The van der Waals surface area contributed by atoms with Crippen LogP contribution in [0.4, 0.5) is 0 Å². The molecule has 5 heteroatoms. The number of nitrogens with zero attached hydrogens (tertiary/aromatic N) is 2. The van der Waals surface area contributed by atoms with Crippen molar-refractivity contribution in [1.82, 2.24) is 9.78 Å². The van der Waals surface area contributed by atoms with E-state index in [4.69, 9.17) is 4.74 Å². The quantitative estimate of drug-likeness (QED) is 0.904. The molecular formula is C16H23BrN2O2. The third kappa shape index (κ3) is 1.97. The second kappa shape index (κ2) is 5.07. The van der Waals surface area contributed by atoms with E-state index in [0.717, 1.165) is 28.4 Å². The molecule has 1 heterocycles. The lowest BCUT2D eigenvalue weighted by molar-refractivity contribution is -0.0589. The molecule has 4 rings (SSSR count). The molecule has 3 saturated carbocycles. The van der Waals surface area contributed by atoms with Gasteiger partial charge in [-0.05, 0) is 65.3 Å². The molecule has 0 aromatic carbocycles. The first kappa shape index (κ1) is 14.2. The average Bonchev–Trinajstić information content (AvgIpc) is 3.16. The number of rotatable bonds is 4. The molecule has 5 atom stereocenters. The Balaban J connectivity index is 1.69. The van der Waals surface area contributed by atoms with E-state index in [1.807, 2.05) is 10.9 Å². The van der Waals surface area contributed by atoms with Gasteiger partial charge in [0.2, 0.25) is 0 Å². The summed E-state index contributed by atoms with van der Waals surface area (Å²) < 4.78 is 8.07. The summed E-state index contributed by atoms with van der Waals surface area (Å²) in [5.74, 6) is 2.74. The van der Waals surface area contributed by atoms with Gasteiger partial charge in [0.15, 0.2) is 0 Å². The van der Waals surface area contributed by atoms with Gasteiger partial charge < -0.3 is 9.84 Å². The largest absolute Gasteiger partial charge is 0.383 e. The molecule has 1 aromatic rings. The third-order valence-corrected chi connectivity index (χ3v) is 6.78. The molecule has 21 heavy (non-hydrogen) atoms. The van der Waals surface area contributed by atoms with Crippen molar-refractivity contribution in [2.24, 2.45) is 23.7 Å². The molecule has 0 radical (unpaired) electrons. The van der Waals surface area contributed by atoms with Crippen molar-refractivity contribution in [3.63, 3.8) is 0 Å². The smallest absolute Gasteiger partial charge is 0.111 e. The average molecular weight is 355 g/mol. The van der Waals surface area contributed by atoms with Gasteiger partial charge in [-0.25, -0.2) is 0 Å². The molecule has 1 N–H and O–H groups in total. The van der Waals surface area contributed by atoms with Crippen molar-refractivity contribution in [1.29, 1.82) is 0 Å². The number of fused-ring (bicyclic) bond motifs is 5. The van der Waals surface area contributed by atoms with E-state index in [2.05, 4.69) is 21.0 Å². The lowest BCUT2D eigenvalue weighted by atomic mass is 9.71. The molecule has 0 amide bonds. The maximum atomic E-state index is 11.5. The van der Waals surface area contributed by atoms with E-state index < -0.39 is 5.60 Å². The summed E-state index contributed by atoms with van der Waals surface area (Å²) >= 11 is 3.61. The fourth-order valence-corrected chi connectivity index (χ4v) is 6.16. The summed E-state index contributed by atoms with van der Waals surface area (Å²) in [5.41, 5.74) is 0.289. The predicted molar refractivity (Wildman–Crippen MR) is 82.7 cm³/mol. The summed E-state index contributed by atoms with van der Waals surface area (Å²) in [6.45, 7) is 1.32. The molecular weight excluding hydrogens is 332 g/mol. The highest BCUT2D eigenvalue weighted by Crippen LogP contribution is 2.65. The molecule has 0 spiro atoms. The fourth-order valence-electron chi connectivity index (χ4n) is 5.53. The highest BCUT2D eigenvalue weighted by Gasteiger charge is 2.62. The predicted octanol–water partition coefficient (Wildman–Crippen LogP) is 2.94. The Morgan fingerprint density at radius 2 is 2.29 bits per heavy atom. The number of ether oxygens (including phenoxy) is 1.